The van der Waals surface area contributed by atoms with Crippen LogP contribution in [0.5, 0.6) is 0 Å². The van der Waals surface area contributed by atoms with Crippen LogP contribution in [0.3, 0.4) is 0 Å². The zero-order valence-corrected chi connectivity index (χ0v) is 16.1. The summed E-state index contributed by atoms with van der Waals surface area (Å²) in [6.07, 6.45) is 5.42. The van der Waals surface area contributed by atoms with Crippen LogP contribution in [-0.4, -0.2) is 28.5 Å². The average molecular weight is 362 g/mol. The minimum atomic E-state index is -0.0724. The molecular formula is C22H26N4O. The molecule has 0 aliphatic rings. The van der Waals surface area contributed by atoms with Crippen LogP contribution in [0.15, 0.2) is 67.3 Å². The Morgan fingerprint density at radius 1 is 1.07 bits per heavy atom. The molecule has 0 aliphatic carbocycles. The molecule has 1 heterocycles. The Hall–Kier alpha value is -3.08. The van der Waals surface area contributed by atoms with Crippen molar-refractivity contribution in [2.45, 2.75) is 26.8 Å². The second kappa shape index (κ2) is 8.54. The van der Waals surface area contributed by atoms with Gasteiger partial charge in [0.2, 0.25) is 0 Å². The summed E-state index contributed by atoms with van der Waals surface area (Å²) in [6, 6.07) is 15.8. The van der Waals surface area contributed by atoms with Gasteiger partial charge in [0.1, 0.15) is 0 Å². The van der Waals surface area contributed by atoms with Crippen molar-refractivity contribution < 1.29 is 4.79 Å². The molecule has 1 atom stereocenters. The predicted molar refractivity (Wildman–Crippen MR) is 109 cm³/mol. The Kier molecular flexibility index (Phi) is 5.91. The first-order valence-electron chi connectivity index (χ1n) is 9.36. The van der Waals surface area contributed by atoms with E-state index in [9.17, 15) is 4.79 Å². The van der Waals surface area contributed by atoms with Gasteiger partial charge >= 0.3 is 0 Å². The number of hydrogen-bond acceptors (Lipinski definition) is 3. The van der Waals surface area contributed by atoms with Crippen molar-refractivity contribution >= 4 is 11.6 Å². The second-order valence-corrected chi connectivity index (χ2v) is 6.48. The third kappa shape index (κ3) is 4.37. The molecule has 0 unspecified atom stereocenters. The number of imidazole rings is 1. The van der Waals surface area contributed by atoms with Crippen LogP contribution < -0.4 is 10.2 Å². The fourth-order valence-electron chi connectivity index (χ4n) is 3.12. The molecule has 0 spiro atoms. The molecule has 1 aromatic heterocycles. The molecule has 0 bridgehead atoms. The number of nitrogens with one attached hydrogen (secondary N) is 1. The first-order chi connectivity index (χ1) is 13.1. The molecule has 0 saturated carbocycles. The number of amides is 1. The molecule has 3 rings (SSSR count). The minimum Gasteiger partial charge on any atom is -0.372 e. The van der Waals surface area contributed by atoms with Gasteiger partial charge in [-0.25, -0.2) is 4.98 Å². The lowest BCUT2D eigenvalue weighted by molar-refractivity contribution is 0.0940. The van der Waals surface area contributed by atoms with Crippen LogP contribution in [0.1, 0.15) is 42.7 Å². The average Bonchev–Trinajstić information content (AvgIpc) is 3.24. The van der Waals surface area contributed by atoms with E-state index < -0.39 is 0 Å². The Balaban J connectivity index is 1.65. The number of hydrogen-bond donors (Lipinski definition) is 1. The van der Waals surface area contributed by atoms with Crippen molar-refractivity contribution in [1.29, 1.82) is 0 Å². The normalized spacial score (nSPS) is 11.8. The molecule has 0 fully saturated rings. The Morgan fingerprint density at radius 3 is 2.30 bits per heavy atom. The smallest absolute Gasteiger partial charge is 0.251 e. The number of nitrogens with zero attached hydrogens (tertiary/aromatic N) is 3. The van der Waals surface area contributed by atoms with Crippen LogP contribution in [0.4, 0.5) is 5.69 Å². The summed E-state index contributed by atoms with van der Waals surface area (Å²) >= 11 is 0. The topological polar surface area (TPSA) is 50.2 Å². The van der Waals surface area contributed by atoms with Gasteiger partial charge in [0.25, 0.3) is 5.91 Å². The standard InChI is InChI=1S/C22H26N4O/c1-4-25(5-2)20-12-8-19(9-13-20)22(27)24-17(3)18-6-10-21(11-7-18)26-15-14-23-16-26/h6-17H,4-5H2,1-3H3,(H,24,27)/t17-/m0/s1. The van der Waals surface area contributed by atoms with E-state index in [4.69, 9.17) is 0 Å². The molecule has 0 radical (unpaired) electrons. The van der Waals surface area contributed by atoms with Gasteiger partial charge in [-0.05, 0) is 62.7 Å². The summed E-state index contributed by atoms with van der Waals surface area (Å²) in [7, 11) is 0. The highest BCUT2D eigenvalue weighted by atomic mass is 16.1. The lowest BCUT2D eigenvalue weighted by Crippen LogP contribution is -2.27. The number of rotatable bonds is 7. The number of carbonyl (C=O) groups is 1. The van der Waals surface area contributed by atoms with E-state index in [0.717, 1.165) is 30.0 Å². The maximum Gasteiger partial charge on any atom is 0.251 e. The van der Waals surface area contributed by atoms with Crippen molar-refractivity contribution in [3.05, 3.63) is 78.4 Å². The van der Waals surface area contributed by atoms with Crippen molar-refractivity contribution in [1.82, 2.24) is 14.9 Å². The highest BCUT2D eigenvalue weighted by molar-refractivity contribution is 5.94. The van der Waals surface area contributed by atoms with Crippen molar-refractivity contribution in [3.63, 3.8) is 0 Å². The van der Waals surface area contributed by atoms with Gasteiger partial charge in [-0.15, -0.1) is 0 Å². The highest BCUT2D eigenvalue weighted by Gasteiger charge is 2.12. The van der Waals surface area contributed by atoms with E-state index in [2.05, 4.69) is 29.0 Å². The fourth-order valence-corrected chi connectivity index (χ4v) is 3.12. The van der Waals surface area contributed by atoms with Gasteiger partial charge in [-0.1, -0.05) is 12.1 Å². The van der Waals surface area contributed by atoms with E-state index in [-0.39, 0.29) is 11.9 Å². The minimum absolute atomic E-state index is 0.0627. The number of anilines is 1. The molecule has 0 aliphatic heterocycles. The Labute approximate surface area is 160 Å². The summed E-state index contributed by atoms with van der Waals surface area (Å²) in [6.45, 7) is 8.16. The molecule has 140 valence electrons. The summed E-state index contributed by atoms with van der Waals surface area (Å²) in [5.74, 6) is -0.0627. The largest absolute Gasteiger partial charge is 0.372 e. The van der Waals surface area contributed by atoms with E-state index >= 15 is 0 Å². The van der Waals surface area contributed by atoms with Crippen molar-refractivity contribution in [2.24, 2.45) is 0 Å². The summed E-state index contributed by atoms with van der Waals surface area (Å²) in [4.78, 5) is 18.9. The van der Waals surface area contributed by atoms with E-state index in [1.54, 1.807) is 12.5 Å². The van der Waals surface area contributed by atoms with E-state index in [1.165, 1.54) is 0 Å². The van der Waals surface area contributed by atoms with Crippen LogP contribution >= 0.6 is 0 Å². The van der Waals surface area contributed by atoms with Crippen molar-refractivity contribution in [2.75, 3.05) is 18.0 Å². The SMILES string of the molecule is CCN(CC)c1ccc(C(=O)N[C@@H](C)c2ccc(-n3ccnc3)cc2)cc1. The number of aromatic nitrogens is 2. The van der Waals surface area contributed by atoms with Crippen molar-refractivity contribution in [3.8, 4) is 5.69 Å². The maximum absolute atomic E-state index is 12.6. The molecule has 3 aromatic rings. The van der Waals surface area contributed by atoms with Gasteiger partial charge in [0.15, 0.2) is 0 Å². The highest BCUT2D eigenvalue weighted by Crippen LogP contribution is 2.18. The van der Waals surface area contributed by atoms with E-state index in [1.807, 2.05) is 66.2 Å². The van der Waals surface area contributed by atoms with Crippen LogP contribution in [0.2, 0.25) is 0 Å². The molecule has 2 aromatic carbocycles. The first kappa shape index (κ1) is 18.7. The quantitative estimate of drug-likeness (QED) is 0.685. The molecule has 5 nitrogen and oxygen atoms in total. The predicted octanol–water partition coefficient (Wildman–Crippen LogP) is 4.21. The number of benzene rings is 2. The maximum atomic E-state index is 12.6. The summed E-state index contributed by atoms with van der Waals surface area (Å²) in [5, 5.41) is 3.07. The van der Waals surface area contributed by atoms with Crippen LogP contribution in [-0.2, 0) is 0 Å². The van der Waals surface area contributed by atoms with Gasteiger partial charge in [0.05, 0.1) is 12.4 Å². The third-order valence-corrected chi connectivity index (χ3v) is 4.80. The van der Waals surface area contributed by atoms with Crippen LogP contribution in [0.25, 0.3) is 5.69 Å². The molecule has 5 heteroatoms. The lowest BCUT2D eigenvalue weighted by Gasteiger charge is -2.21. The van der Waals surface area contributed by atoms with Gasteiger partial charge in [0, 0.05) is 42.4 Å². The van der Waals surface area contributed by atoms with E-state index in [0.29, 0.717) is 5.56 Å². The summed E-state index contributed by atoms with van der Waals surface area (Å²) < 4.78 is 1.95. The van der Waals surface area contributed by atoms with Crippen LogP contribution in [0, 0.1) is 0 Å². The third-order valence-electron chi connectivity index (χ3n) is 4.80. The molecular weight excluding hydrogens is 336 g/mol. The van der Waals surface area contributed by atoms with Gasteiger partial charge in [-0.3, -0.25) is 4.79 Å². The first-order valence-corrected chi connectivity index (χ1v) is 9.36. The molecule has 1 amide bonds. The number of carbonyl (C=O) groups excluding carboxylic acids is 1. The lowest BCUT2D eigenvalue weighted by atomic mass is 10.1. The second-order valence-electron chi connectivity index (χ2n) is 6.48. The molecule has 0 saturated heterocycles. The molecule has 1 N–H and O–H groups in total. The monoisotopic (exact) mass is 362 g/mol. The Bertz CT molecular complexity index is 850. The van der Waals surface area contributed by atoms with Gasteiger partial charge < -0.3 is 14.8 Å². The Morgan fingerprint density at radius 2 is 1.74 bits per heavy atom. The fraction of sp³-hybridized carbons (Fsp3) is 0.273. The zero-order chi connectivity index (χ0) is 19.2. The van der Waals surface area contributed by atoms with Gasteiger partial charge in [-0.2, -0.15) is 0 Å². The summed E-state index contributed by atoms with van der Waals surface area (Å²) in [5.41, 5.74) is 3.92. The molecule has 27 heavy (non-hydrogen) atoms. The zero-order valence-electron chi connectivity index (χ0n) is 16.1.